The Morgan fingerprint density at radius 2 is 1.88 bits per heavy atom. The summed E-state index contributed by atoms with van der Waals surface area (Å²) in [5.41, 5.74) is 4.81. The van der Waals surface area contributed by atoms with Crippen LogP contribution in [0.3, 0.4) is 0 Å². The first-order valence-corrected chi connectivity index (χ1v) is 5.15. The van der Waals surface area contributed by atoms with Crippen molar-refractivity contribution in [2.45, 2.75) is 12.2 Å². The molecule has 17 heavy (non-hydrogen) atoms. The van der Waals surface area contributed by atoms with Crippen LogP contribution in [0.5, 0.6) is 0 Å². The zero-order valence-corrected chi connectivity index (χ0v) is 9.26. The number of pyridine rings is 1. The van der Waals surface area contributed by atoms with E-state index in [1.165, 1.54) is 6.07 Å². The van der Waals surface area contributed by atoms with Crippen molar-refractivity contribution in [3.63, 3.8) is 0 Å². The van der Waals surface area contributed by atoms with Gasteiger partial charge in [-0.05, 0) is 11.5 Å². The van der Waals surface area contributed by atoms with Crippen LogP contribution in [0.25, 0.3) is 10.8 Å². The van der Waals surface area contributed by atoms with E-state index < -0.39 is 12.2 Å². The van der Waals surface area contributed by atoms with E-state index in [1.807, 2.05) is 0 Å². The Kier molecular flexibility index (Phi) is 2.97. The molecule has 90 valence electrons. The minimum absolute atomic E-state index is 0.0257. The molecule has 0 saturated heterocycles. The van der Waals surface area contributed by atoms with Crippen LogP contribution >= 0.6 is 11.6 Å². The Morgan fingerprint density at radius 1 is 1.24 bits per heavy atom. The van der Waals surface area contributed by atoms with E-state index in [1.54, 1.807) is 24.3 Å². The third-order valence-electron chi connectivity index (χ3n) is 2.38. The Bertz CT molecular complexity index is 554. The van der Waals surface area contributed by atoms with Gasteiger partial charge in [-0.15, -0.1) is 0 Å². The lowest BCUT2D eigenvalue weighted by Crippen LogP contribution is -2.29. The maximum Gasteiger partial charge on any atom is 0.409 e. The minimum Gasteiger partial charge on any atom is -0.315 e. The van der Waals surface area contributed by atoms with E-state index >= 15 is 0 Å². The van der Waals surface area contributed by atoms with Crippen molar-refractivity contribution in [2.24, 2.45) is 5.73 Å². The summed E-state index contributed by atoms with van der Waals surface area (Å²) < 4.78 is 37.4. The Balaban J connectivity index is 2.58. The normalized spacial score (nSPS) is 13.9. The van der Waals surface area contributed by atoms with Gasteiger partial charge in [0.2, 0.25) is 0 Å². The van der Waals surface area contributed by atoms with E-state index in [4.69, 9.17) is 17.3 Å². The van der Waals surface area contributed by atoms with Gasteiger partial charge in [0.25, 0.3) is 0 Å². The second-order valence-electron chi connectivity index (χ2n) is 3.58. The second kappa shape index (κ2) is 4.16. The van der Waals surface area contributed by atoms with Crippen LogP contribution in [0.1, 0.15) is 11.7 Å². The highest BCUT2D eigenvalue weighted by atomic mass is 35.5. The first-order chi connectivity index (χ1) is 7.89. The predicted octanol–water partition coefficient (Wildman–Crippen LogP) is 3.45. The minimum atomic E-state index is -4.53. The molecule has 0 radical (unpaired) electrons. The number of hydrogen-bond donors (Lipinski definition) is 1. The van der Waals surface area contributed by atoms with Crippen LogP contribution in [0, 0.1) is 0 Å². The summed E-state index contributed by atoms with van der Waals surface area (Å²) in [6.45, 7) is 0. The quantitative estimate of drug-likeness (QED) is 0.798. The molecule has 0 amide bonds. The number of benzene rings is 1. The highest BCUT2D eigenvalue weighted by Gasteiger charge is 2.39. The molecule has 1 aromatic carbocycles. The van der Waals surface area contributed by atoms with Gasteiger partial charge >= 0.3 is 6.18 Å². The first kappa shape index (κ1) is 12.1. The molecule has 0 aliphatic rings. The molecule has 1 atom stereocenters. The smallest absolute Gasteiger partial charge is 0.315 e. The topological polar surface area (TPSA) is 38.9 Å². The largest absolute Gasteiger partial charge is 0.409 e. The van der Waals surface area contributed by atoms with Crippen molar-refractivity contribution in [2.75, 3.05) is 0 Å². The second-order valence-corrected chi connectivity index (χ2v) is 3.94. The summed E-state index contributed by atoms with van der Waals surface area (Å²) in [4.78, 5) is 3.69. The predicted molar refractivity (Wildman–Crippen MR) is 59.7 cm³/mol. The Hall–Kier alpha value is -1.33. The van der Waals surface area contributed by atoms with E-state index in [0.29, 0.717) is 10.8 Å². The van der Waals surface area contributed by atoms with E-state index in [2.05, 4.69) is 4.98 Å². The third kappa shape index (κ3) is 2.35. The lowest BCUT2D eigenvalue weighted by Gasteiger charge is -2.15. The van der Waals surface area contributed by atoms with E-state index in [-0.39, 0.29) is 10.8 Å². The summed E-state index contributed by atoms with van der Waals surface area (Å²) in [7, 11) is 0. The molecule has 0 aliphatic heterocycles. The highest BCUT2D eigenvalue weighted by Crippen LogP contribution is 2.32. The number of hydrogen-bond acceptors (Lipinski definition) is 2. The van der Waals surface area contributed by atoms with Crippen molar-refractivity contribution in [3.05, 3.63) is 41.2 Å². The molecule has 2 nitrogen and oxygen atoms in total. The molecule has 0 saturated carbocycles. The Morgan fingerprint density at radius 3 is 2.53 bits per heavy atom. The molecule has 1 aromatic heterocycles. The van der Waals surface area contributed by atoms with Crippen molar-refractivity contribution in [1.29, 1.82) is 0 Å². The monoisotopic (exact) mass is 260 g/mol. The molecular formula is C11H8ClF3N2. The number of nitrogens with zero attached hydrogens (tertiary/aromatic N) is 1. The van der Waals surface area contributed by atoms with E-state index in [9.17, 15) is 13.2 Å². The van der Waals surface area contributed by atoms with Crippen LogP contribution in [0.2, 0.25) is 5.15 Å². The molecule has 2 aromatic rings. The van der Waals surface area contributed by atoms with Gasteiger partial charge in [-0.2, -0.15) is 13.2 Å². The molecular weight excluding hydrogens is 253 g/mol. The molecule has 2 N–H and O–H groups in total. The maximum absolute atomic E-state index is 12.5. The first-order valence-electron chi connectivity index (χ1n) is 4.77. The SMILES string of the molecule is NC(c1cc2ccccc2c(Cl)n1)C(F)(F)F. The lowest BCUT2D eigenvalue weighted by atomic mass is 10.1. The van der Waals surface area contributed by atoms with Crippen LogP contribution in [0.15, 0.2) is 30.3 Å². The number of aromatic nitrogens is 1. The molecule has 2 rings (SSSR count). The number of halogens is 4. The fraction of sp³-hybridized carbons (Fsp3) is 0.182. The summed E-state index contributed by atoms with van der Waals surface area (Å²) in [5, 5.41) is 1.22. The van der Waals surface area contributed by atoms with Gasteiger partial charge in [-0.3, -0.25) is 0 Å². The van der Waals surface area contributed by atoms with Crippen molar-refractivity contribution in [1.82, 2.24) is 4.98 Å². The summed E-state index contributed by atoms with van der Waals surface area (Å²) >= 11 is 5.82. The number of alkyl halides is 3. The summed E-state index contributed by atoms with van der Waals surface area (Å²) in [5.74, 6) is 0. The number of fused-ring (bicyclic) bond motifs is 1. The molecule has 0 aliphatic carbocycles. The van der Waals surface area contributed by atoms with Crippen LogP contribution in [-0.2, 0) is 0 Å². The molecule has 0 spiro atoms. The maximum atomic E-state index is 12.5. The average molecular weight is 261 g/mol. The van der Waals surface area contributed by atoms with Crippen molar-refractivity contribution < 1.29 is 13.2 Å². The zero-order valence-electron chi connectivity index (χ0n) is 8.50. The van der Waals surface area contributed by atoms with Crippen molar-refractivity contribution in [3.8, 4) is 0 Å². The van der Waals surface area contributed by atoms with Gasteiger partial charge in [0, 0.05) is 5.39 Å². The van der Waals surface area contributed by atoms with Crippen LogP contribution < -0.4 is 5.73 Å². The van der Waals surface area contributed by atoms with Gasteiger partial charge in [0.05, 0.1) is 5.69 Å². The summed E-state index contributed by atoms with van der Waals surface area (Å²) in [6, 6.07) is 5.98. The number of rotatable bonds is 1. The highest BCUT2D eigenvalue weighted by molar-refractivity contribution is 6.34. The molecule has 1 unspecified atom stereocenters. The van der Waals surface area contributed by atoms with Gasteiger partial charge in [0.15, 0.2) is 0 Å². The van der Waals surface area contributed by atoms with Crippen molar-refractivity contribution >= 4 is 22.4 Å². The van der Waals surface area contributed by atoms with Gasteiger partial charge in [-0.1, -0.05) is 35.9 Å². The molecule has 6 heteroatoms. The fourth-order valence-electron chi connectivity index (χ4n) is 1.50. The van der Waals surface area contributed by atoms with E-state index in [0.717, 1.165) is 0 Å². The third-order valence-corrected chi connectivity index (χ3v) is 2.67. The molecule has 0 bridgehead atoms. The lowest BCUT2D eigenvalue weighted by molar-refractivity contribution is -0.149. The fourth-order valence-corrected chi connectivity index (χ4v) is 1.77. The van der Waals surface area contributed by atoms with Gasteiger partial charge in [0.1, 0.15) is 11.2 Å². The standard InChI is InChI=1S/C11H8ClF3N2/c12-10-7-4-2-1-3-6(7)5-8(17-10)9(16)11(13,14)15/h1-5,9H,16H2. The van der Waals surface area contributed by atoms with Gasteiger partial charge in [-0.25, -0.2) is 4.98 Å². The zero-order chi connectivity index (χ0) is 12.6. The Labute approximate surface area is 100 Å². The summed E-state index contributed by atoms with van der Waals surface area (Å²) in [6.07, 6.45) is -4.53. The molecule has 1 heterocycles. The van der Waals surface area contributed by atoms with Gasteiger partial charge < -0.3 is 5.73 Å². The van der Waals surface area contributed by atoms with Crippen LogP contribution in [0.4, 0.5) is 13.2 Å². The number of nitrogens with two attached hydrogens (primary N) is 1. The van der Waals surface area contributed by atoms with Crippen LogP contribution in [-0.4, -0.2) is 11.2 Å². The average Bonchev–Trinajstić information content (AvgIpc) is 2.27. The molecule has 0 fully saturated rings.